The number of alkyl halides is 3. The van der Waals surface area contributed by atoms with Gasteiger partial charge in [0.2, 0.25) is 5.75 Å². The van der Waals surface area contributed by atoms with Gasteiger partial charge in [-0.05, 0) is 67.4 Å². The van der Waals surface area contributed by atoms with Crippen LogP contribution in [0.2, 0.25) is 0 Å². The number of methoxy groups -OCH3 is 2. The number of aromatic nitrogens is 1. The number of carbonyl (C=O) groups is 1. The van der Waals surface area contributed by atoms with Gasteiger partial charge in [0.25, 0.3) is 5.56 Å². The van der Waals surface area contributed by atoms with E-state index in [9.17, 15) is 32.9 Å². The Labute approximate surface area is 268 Å². The molecule has 0 aliphatic carbocycles. The molecule has 2 heterocycles. The summed E-state index contributed by atoms with van der Waals surface area (Å²) in [6.45, 7) is 3.48. The van der Waals surface area contributed by atoms with Gasteiger partial charge in [0.05, 0.1) is 53.2 Å². The maximum Gasteiger partial charge on any atom is 0.416 e. The Bertz CT molecular complexity index is 2090. The van der Waals surface area contributed by atoms with Crippen LogP contribution in [0.15, 0.2) is 81.7 Å². The quantitative estimate of drug-likeness (QED) is 0.129. The van der Waals surface area contributed by atoms with E-state index in [0.29, 0.717) is 39.5 Å². The molecule has 1 aromatic heterocycles. The van der Waals surface area contributed by atoms with Gasteiger partial charge in [-0.3, -0.25) is 19.5 Å². The minimum absolute atomic E-state index is 0.0109. The second kappa shape index (κ2) is 13.1. The zero-order chi connectivity index (χ0) is 34.0. The summed E-state index contributed by atoms with van der Waals surface area (Å²) >= 11 is 1.10. The molecular weight excluding hydrogens is 643 g/mol. The molecule has 0 unspecified atom stereocenters. The Kier molecular flexibility index (Phi) is 9.19. The molecule has 11 nitrogen and oxygen atoms in total. The smallest absolute Gasteiger partial charge is 0.416 e. The first-order valence-electron chi connectivity index (χ1n) is 13.9. The van der Waals surface area contributed by atoms with Crippen molar-refractivity contribution in [1.82, 2.24) is 4.57 Å². The first-order valence-corrected chi connectivity index (χ1v) is 14.7. The Morgan fingerprint density at radius 1 is 1.04 bits per heavy atom. The van der Waals surface area contributed by atoms with Crippen molar-refractivity contribution in [3.8, 4) is 23.0 Å². The Morgan fingerprint density at radius 3 is 2.36 bits per heavy atom. The van der Waals surface area contributed by atoms with E-state index < -0.39 is 45.7 Å². The summed E-state index contributed by atoms with van der Waals surface area (Å²) in [5.41, 5.74) is -0.771. The molecule has 4 aromatic rings. The molecule has 15 heteroatoms. The van der Waals surface area contributed by atoms with Crippen molar-refractivity contribution in [2.45, 2.75) is 26.1 Å². The van der Waals surface area contributed by atoms with Crippen LogP contribution in [-0.4, -0.2) is 36.3 Å². The minimum atomic E-state index is -4.78. The van der Waals surface area contributed by atoms with E-state index >= 15 is 0 Å². The van der Waals surface area contributed by atoms with Crippen molar-refractivity contribution in [2.75, 3.05) is 20.8 Å². The number of benzene rings is 3. The molecule has 0 bridgehead atoms. The predicted octanol–water partition coefficient (Wildman–Crippen LogP) is 5.53. The van der Waals surface area contributed by atoms with Crippen LogP contribution < -0.4 is 29.1 Å². The first kappa shape index (κ1) is 32.9. The lowest BCUT2D eigenvalue weighted by Crippen LogP contribution is -2.39. The number of hydrogen-bond acceptors (Lipinski definition) is 10. The average molecular weight is 670 g/mol. The molecule has 47 heavy (non-hydrogen) atoms. The maximum atomic E-state index is 13.9. The first-order chi connectivity index (χ1) is 22.4. The van der Waals surface area contributed by atoms with Crippen LogP contribution >= 0.6 is 11.3 Å². The van der Waals surface area contributed by atoms with E-state index in [1.54, 1.807) is 50.3 Å². The Morgan fingerprint density at radius 2 is 1.74 bits per heavy atom. The van der Waals surface area contributed by atoms with E-state index in [1.807, 2.05) is 0 Å². The molecule has 244 valence electrons. The van der Waals surface area contributed by atoms with E-state index in [-0.39, 0.29) is 28.2 Å². The molecule has 1 aliphatic heterocycles. The lowest BCUT2D eigenvalue weighted by Gasteiger charge is -2.24. The van der Waals surface area contributed by atoms with Gasteiger partial charge in [0, 0.05) is 6.07 Å². The van der Waals surface area contributed by atoms with Gasteiger partial charge in [-0.25, -0.2) is 9.79 Å². The zero-order valence-corrected chi connectivity index (χ0v) is 26.1. The number of carbonyl (C=O) groups excluding carboxylic acids is 1. The van der Waals surface area contributed by atoms with Crippen molar-refractivity contribution in [3.63, 3.8) is 0 Å². The van der Waals surface area contributed by atoms with Crippen molar-refractivity contribution >= 4 is 29.1 Å². The summed E-state index contributed by atoms with van der Waals surface area (Å²) in [4.78, 5) is 42.4. The zero-order valence-electron chi connectivity index (χ0n) is 25.3. The van der Waals surface area contributed by atoms with Crippen LogP contribution in [-0.2, 0) is 15.7 Å². The van der Waals surface area contributed by atoms with Crippen LogP contribution in [0.4, 0.5) is 18.9 Å². The molecule has 1 atom stereocenters. The highest BCUT2D eigenvalue weighted by Gasteiger charge is 2.35. The van der Waals surface area contributed by atoms with Gasteiger partial charge in [-0.15, -0.1) is 0 Å². The number of halogens is 3. The number of nitrogens with zero attached hydrogens (tertiary/aromatic N) is 3. The molecule has 0 N–H and O–H groups in total. The number of ether oxygens (including phenoxy) is 4. The van der Waals surface area contributed by atoms with E-state index in [0.717, 1.165) is 17.4 Å². The lowest BCUT2D eigenvalue weighted by atomic mass is 9.96. The third-order valence-electron chi connectivity index (χ3n) is 7.14. The van der Waals surface area contributed by atoms with Crippen LogP contribution in [0.3, 0.4) is 0 Å². The van der Waals surface area contributed by atoms with Gasteiger partial charge in [-0.2, -0.15) is 13.2 Å². The van der Waals surface area contributed by atoms with Gasteiger partial charge in [-0.1, -0.05) is 29.5 Å². The molecule has 0 spiro atoms. The molecule has 0 saturated heterocycles. The summed E-state index contributed by atoms with van der Waals surface area (Å²) < 4.78 is 62.7. The molecule has 0 fully saturated rings. The van der Waals surface area contributed by atoms with Crippen LogP contribution in [0.1, 0.15) is 36.6 Å². The fourth-order valence-corrected chi connectivity index (χ4v) is 5.99. The van der Waals surface area contributed by atoms with E-state index in [4.69, 9.17) is 18.9 Å². The standard InChI is InChI=1S/C32H26F3N3O8S/c1-5-45-30(40)27-17(2)36-31-37(28(27)19-7-10-21(43-3)11-8-19)29(39)26(47-31)15-18-6-12-24(25(14-18)44-4)46-23-13-9-20(32(33,34)35)16-22(23)38(41)42/h6-16,28H,5H2,1-4H3/b26-15-/t28-/m1/s1. The van der Waals surface area contributed by atoms with Gasteiger partial charge < -0.3 is 18.9 Å². The van der Waals surface area contributed by atoms with Gasteiger partial charge in [0.15, 0.2) is 16.3 Å². The number of allylic oxidation sites excluding steroid dienone is 1. The number of nitro groups is 1. The molecule has 5 rings (SSSR count). The fraction of sp³-hybridized carbons (Fsp3) is 0.219. The highest BCUT2D eigenvalue weighted by molar-refractivity contribution is 7.07. The Balaban J connectivity index is 1.56. The summed E-state index contributed by atoms with van der Waals surface area (Å²) in [5, 5.41) is 11.5. The van der Waals surface area contributed by atoms with Crippen LogP contribution in [0.5, 0.6) is 23.0 Å². The van der Waals surface area contributed by atoms with Crippen molar-refractivity contribution in [1.29, 1.82) is 0 Å². The third kappa shape index (κ3) is 6.60. The molecule has 0 radical (unpaired) electrons. The number of nitro benzene ring substituents is 1. The molecular formula is C32H26F3N3O8S. The number of rotatable bonds is 9. The number of fused-ring (bicyclic) bond motifs is 1. The average Bonchev–Trinajstić information content (AvgIpc) is 3.34. The van der Waals surface area contributed by atoms with Crippen molar-refractivity contribution in [3.05, 3.63) is 118 Å². The summed E-state index contributed by atoms with van der Waals surface area (Å²) in [7, 11) is 2.84. The molecule has 3 aromatic carbocycles. The van der Waals surface area contributed by atoms with Crippen molar-refractivity contribution in [2.24, 2.45) is 4.99 Å². The monoisotopic (exact) mass is 669 g/mol. The largest absolute Gasteiger partial charge is 0.497 e. The molecule has 0 amide bonds. The highest BCUT2D eigenvalue weighted by Crippen LogP contribution is 2.40. The summed E-state index contributed by atoms with van der Waals surface area (Å²) in [6, 6.07) is 12.5. The second-order valence-corrected chi connectivity index (χ2v) is 11.0. The van der Waals surface area contributed by atoms with E-state index in [1.165, 1.54) is 30.9 Å². The van der Waals surface area contributed by atoms with E-state index in [2.05, 4.69) is 4.99 Å². The second-order valence-electron chi connectivity index (χ2n) is 10.0. The molecule has 0 saturated carbocycles. The van der Waals surface area contributed by atoms with Crippen LogP contribution in [0.25, 0.3) is 6.08 Å². The number of esters is 1. The third-order valence-corrected chi connectivity index (χ3v) is 8.12. The number of thiazole rings is 1. The summed E-state index contributed by atoms with van der Waals surface area (Å²) in [6.07, 6.45) is -3.21. The SMILES string of the molecule is CCOC(=O)C1=C(C)N=c2s/c(=C\c3ccc(Oc4ccc(C(F)(F)F)cc4[N+](=O)[O-])c(OC)c3)c(=O)n2[C@@H]1c1ccc(OC)cc1. The summed E-state index contributed by atoms with van der Waals surface area (Å²) in [5.74, 6) is -0.347. The predicted molar refractivity (Wildman–Crippen MR) is 165 cm³/mol. The lowest BCUT2D eigenvalue weighted by molar-refractivity contribution is -0.385. The number of hydrogen-bond donors (Lipinski definition) is 0. The van der Waals surface area contributed by atoms with Gasteiger partial charge in [0.1, 0.15) is 5.75 Å². The topological polar surface area (TPSA) is 131 Å². The van der Waals surface area contributed by atoms with Gasteiger partial charge >= 0.3 is 17.8 Å². The molecule has 1 aliphatic rings. The fourth-order valence-electron chi connectivity index (χ4n) is 4.94. The highest BCUT2D eigenvalue weighted by atomic mass is 32.1. The minimum Gasteiger partial charge on any atom is -0.497 e. The normalized spacial score (nSPS) is 14.7. The Hall–Kier alpha value is -5.44. The van der Waals surface area contributed by atoms with Crippen molar-refractivity contribution < 1.29 is 41.8 Å². The maximum absolute atomic E-state index is 13.9. The van der Waals surface area contributed by atoms with Crippen LogP contribution in [0, 0.1) is 10.1 Å².